The summed E-state index contributed by atoms with van der Waals surface area (Å²) in [5.74, 6) is -0.284. The number of carbonyl (C=O) groups is 1. The lowest BCUT2D eigenvalue weighted by molar-refractivity contribution is -0.137. The molecule has 0 bridgehead atoms. The fourth-order valence-corrected chi connectivity index (χ4v) is 2.80. The number of rotatable bonds is 7. The van der Waals surface area contributed by atoms with Crippen LogP contribution >= 0.6 is 0 Å². The molecule has 0 radical (unpaired) electrons. The van der Waals surface area contributed by atoms with Crippen molar-refractivity contribution in [3.05, 3.63) is 18.0 Å². The smallest absolute Gasteiger partial charge is 0.305 e. The Morgan fingerprint density at radius 1 is 1.55 bits per heavy atom. The van der Waals surface area contributed by atoms with E-state index in [1.807, 2.05) is 12.4 Å². The van der Waals surface area contributed by atoms with Gasteiger partial charge in [-0.2, -0.15) is 5.10 Å². The molecular weight excluding hydrogens is 284 g/mol. The fourth-order valence-electron chi connectivity index (χ4n) is 2.80. The van der Waals surface area contributed by atoms with Crippen LogP contribution in [0.1, 0.15) is 12.0 Å². The van der Waals surface area contributed by atoms with Crippen LogP contribution in [0.2, 0.25) is 0 Å². The molecule has 2 rings (SSSR count). The van der Waals surface area contributed by atoms with Crippen LogP contribution in [0.4, 0.5) is 0 Å². The quantitative estimate of drug-likeness (QED) is 0.784. The number of nitrogens with zero attached hydrogens (tertiary/aromatic N) is 4. The lowest BCUT2D eigenvalue weighted by Crippen LogP contribution is -2.34. The molecular formula is C15H26N4O3. The molecule has 7 nitrogen and oxygen atoms in total. The molecule has 1 N–H and O–H groups in total. The van der Waals surface area contributed by atoms with E-state index in [9.17, 15) is 4.79 Å². The average Bonchev–Trinajstić information content (AvgIpc) is 2.76. The second kappa shape index (κ2) is 8.26. The first-order valence-electron chi connectivity index (χ1n) is 7.71. The molecule has 1 aromatic heterocycles. The number of aromatic nitrogens is 2. The zero-order valence-electron chi connectivity index (χ0n) is 13.4. The summed E-state index contributed by atoms with van der Waals surface area (Å²) in [5.41, 5.74) is 1.12. The van der Waals surface area contributed by atoms with E-state index in [0.717, 1.165) is 45.0 Å². The van der Waals surface area contributed by atoms with Crippen LogP contribution in [0, 0.1) is 5.92 Å². The van der Waals surface area contributed by atoms with E-state index in [-0.39, 0.29) is 6.42 Å². The molecule has 2 heterocycles. The van der Waals surface area contributed by atoms with Crippen molar-refractivity contribution in [1.29, 1.82) is 0 Å². The van der Waals surface area contributed by atoms with E-state index in [4.69, 9.17) is 9.84 Å². The number of aliphatic carboxylic acids is 1. The van der Waals surface area contributed by atoms with Gasteiger partial charge in [0.1, 0.15) is 0 Å². The molecule has 1 aliphatic rings. The minimum atomic E-state index is -0.798. The molecule has 0 unspecified atom stereocenters. The average molecular weight is 310 g/mol. The summed E-state index contributed by atoms with van der Waals surface area (Å²) in [6.07, 6.45) is 3.87. The van der Waals surface area contributed by atoms with Gasteiger partial charge in [0.25, 0.3) is 0 Å². The van der Waals surface area contributed by atoms with Crippen molar-refractivity contribution in [2.45, 2.75) is 19.5 Å². The summed E-state index contributed by atoms with van der Waals surface area (Å²) in [6.45, 7) is 5.78. The molecule has 124 valence electrons. The number of hydrogen-bond donors (Lipinski definition) is 1. The predicted octanol–water partition coefficient (Wildman–Crippen LogP) is 0.368. The van der Waals surface area contributed by atoms with E-state index in [2.05, 4.69) is 29.0 Å². The largest absolute Gasteiger partial charge is 0.481 e. The summed E-state index contributed by atoms with van der Waals surface area (Å²) < 4.78 is 7.40. The lowest BCUT2D eigenvalue weighted by Gasteiger charge is -2.24. The third-order valence-corrected chi connectivity index (χ3v) is 3.69. The maximum atomic E-state index is 10.6. The number of aryl methyl sites for hydroxylation is 1. The van der Waals surface area contributed by atoms with Crippen LogP contribution in [0.3, 0.4) is 0 Å². The SMILES string of the molecule is CN(C)C[C@H]1COCCN(Cc2cnn(CCC(=O)O)c2)C1. The van der Waals surface area contributed by atoms with Gasteiger partial charge in [0.05, 0.1) is 32.4 Å². The lowest BCUT2D eigenvalue weighted by atomic mass is 10.1. The molecule has 1 saturated heterocycles. The molecule has 0 aliphatic carbocycles. The summed E-state index contributed by atoms with van der Waals surface area (Å²) in [7, 11) is 4.17. The van der Waals surface area contributed by atoms with Gasteiger partial charge in [-0.3, -0.25) is 14.4 Å². The molecule has 1 aromatic rings. The van der Waals surface area contributed by atoms with Crippen LogP contribution in [-0.4, -0.2) is 77.6 Å². The second-order valence-electron chi connectivity index (χ2n) is 6.19. The van der Waals surface area contributed by atoms with Crippen molar-refractivity contribution >= 4 is 5.97 Å². The summed E-state index contributed by atoms with van der Waals surface area (Å²) in [5, 5.41) is 12.9. The van der Waals surface area contributed by atoms with E-state index < -0.39 is 5.97 Å². The maximum absolute atomic E-state index is 10.6. The maximum Gasteiger partial charge on any atom is 0.305 e. The van der Waals surface area contributed by atoms with Crippen LogP contribution < -0.4 is 0 Å². The van der Waals surface area contributed by atoms with Crippen molar-refractivity contribution in [2.24, 2.45) is 5.92 Å². The predicted molar refractivity (Wildman–Crippen MR) is 82.6 cm³/mol. The molecule has 1 aliphatic heterocycles. The van der Waals surface area contributed by atoms with E-state index in [1.54, 1.807) is 4.68 Å². The van der Waals surface area contributed by atoms with Crippen LogP contribution in [0.15, 0.2) is 12.4 Å². The molecule has 7 heteroatoms. The van der Waals surface area contributed by atoms with Crippen LogP contribution in [-0.2, 0) is 22.6 Å². The van der Waals surface area contributed by atoms with Gasteiger partial charge in [0, 0.05) is 43.9 Å². The first kappa shape index (κ1) is 16.9. The molecule has 1 fully saturated rings. The van der Waals surface area contributed by atoms with Crippen LogP contribution in [0.5, 0.6) is 0 Å². The van der Waals surface area contributed by atoms with Gasteiger partial charge in [0.2, 0.25) is 0 Å². The number of ether oxygens (including phenoxy) is 1. The normalized spacial score (nSPS) is 20.2. The minimum absolute atomic E-state index is 0.101. The molecule has 0 saturated carbocycles. The molecule has 0 spiro atoms. The Kier molecular flexibility index (Phi) is 6.35. The Balaban J connectivity index is 1.87. The highest BCUT2D eigenvalue weighted by Crippen LogP contribution is 2.12. The van der Waals surface area contributed by atoms with Gasteiger partial charge < -0.3 is 14.7 Å². The fraction of sp³-hybridized carbons (Fsp3) is 0.733. The molecule has 22 heavy (non-hydrogen) atoms. The zero-order chi connectivity index (χ0) is 15.9. The monoisotopic (exact) mass is 310 g/mol. The van der Waals surface area contributed by atoms with E-state index in [0.29, 0.717) is 12.5 Å². The molecule has 1 atom stereocenters. The van der Waals surface area contributed by atoms with Gasteiger partial charge in [-0.25, -0.2) is 0 Å². The summed E-state index contributed by atoms with van der Waals surface area (Å²) >= 11 is 0. The summed E-state index contributed by atoms with van der Waals surface area (Å²) in [6, 6.07) is 0. The standard InChI is InChI=1S/C15H26N4O3/c1-17(2)8-14-10-18(5-6-22-12-14)9-13-7-16-19(11-13)4-3-15(20)21/h7,11,14H,3-6,8-10,12H2,1-2H3,(H,20,21)/t14-/m1/s1. The van der Waals surface area contributed by atoms with Gasteiger partial charge in [-0.05, 0) is 14.1 Å². The van der Waals surface area contributed by atoms with Crippen molar-refractivity contribution in [3.63, 3.8) is 0 Å². The first-order chi connectivity index (χ1) is 10.5. The van der Waals surface area contributed by atoms with Crippen LogP contribution in [0.25, 0.3) is 0 Å². The number of hydrogen-bond acceptors (Lipinski definition) is 5. The zero-order valence-corrected chi connectivity index (χ0v) is 13.4. The van der Waals surface area contributed by atoms with Gasteiger partial charge in [-0.1, -0.05) is 0 Å². The third-order valence-electron chi connectivity index (χ3n) is 3.69. The Hall–Kier alpha value is -1.44. The van der Waals surface area contributed by atoms with E-state index >= 15 is 0 Å². The molecule has 0 amide bonds. The first-order valence-corrected chi connectivity index (χ1v) is 7.71. The Bertz CT molecular complexity index is 475. The van der Waals surface area contributed by atoms with Crippen molar-refractivity contribution in [2.75, 3.05) is 46.9 Å². The Morgan fingerprint density at radius 3 is 3.09 bits per heavy atom. The highest BCUT2D eigenvalue weighted by atomic mass is 16.5. The van der Waals surface area contributed by atoms with Gasteiger partial charge in [-0.15, -0.1) is 0 Å². The Labute approximate surface area is 131 Å². The van der Waals surface area contributed by atoms with Gasteiger partial charge >= 0.3 is 5.97 Å². The highest BCUT2D eigenvalue weighted by molar-refractivity contribution is 5.66. The Morgan fingerprint density at radius 2 is 2.36 bits per heavy atom. The number of carboxylic acid groups (broad SMARTS) is 1. The summed E-state index contributed by atoms with van der Waals surface area (Å²) in [4.78, 5) is 15.2. The number of carboxylic acids is 1. The van der Waals surface area contributed by atoms with Crippen molar-refractivity contribution < 1.29 is 14.6 Å². The van der Waals surface area contributed by atoms with Crippen molar-refractivity contribution in [1.82, 2.24) is 19.6 Å². The topological polar surface area (TPSA) is 70.8 Å². The third kappa shape index (κ3) is 5.75. The second-order valence-corrected chi connectivity index (χ2v) is 6.19. The van der Waals surface area contributed by atoms with E-state index in [1.165, 1.54) is 0 Å². The highest BCUT2D eigenvalue weighted by Gasteiger charge is 2.19. The molecule has 0 aromatic carbocycles. The minimum Gasteiger partial charge on any atom is -0.481 e. The van der Waals surface area contributed by atoms with Crippen molar-refractivity contribution in [3.8, 4) is 0 Å². The van der Waals surface area contributed by atoms with Gasteiger partial charge in [0.15, 0.2) is 0 Å².